The van der Waals surface area contributed by atoms with Crippen LogP contribution in [0.4, 0.5) is 0 Å². The predicted molar refractivity (Wildman–Crippen MR) is 290 cm³/mol. The van der Waals surface area contributed by atoms with Crippen LogP contribution in [0.1, 0.15) is 180 Å². The molecule has 6 nitrogen and oxygen atoms in total. The number of hydrogen-bond donors (Lipinski definition) is 0. The molecule has 2 heterocycles. The van der Waals surface area contributed by atoms with E-state index in [-0.39, 0.29) is 24.0 Å². The smallest absolute Gasteiger partial charge is 0.310 e. The highest BCUT2D eigenvalue weighted by Gasteiger charge is 2.44. The van der Waals surface area contributed by atoms with Crippen LogP contribution >= 0.6 is 0 Å². The molecule has 69 heavy (non-hydrogen) atoms. The van der Waals surface area contributed by atoms with Crippen molar-refractivity contribution in [3.8, 4) is 0 Å². The maximum absolute atomic E-state index is 12.9. The summed E-state index contributed by atoms with van der Waals surface area (Å²) in [6.45, 7) is 51.8. The highest BCUT2D eigenvalue weighted by Crippen LogP contribution is 2.46. The molecule has 0 aliphatic carbocycles. The molecule has 4 aromatic rings. The quantitative estimate of drug-likeness (QED) is 0.111. The number of nitrogens with zero attached hydrogens (tertiary/aromatic N) is 2. The number of fused-ring (bicyclic) bond motifs is 2. The van der Waals surface area contributed by atoms with Gasteiger partial charge < -0.3 is 9.47 Å². The van der Waals surface area contributed by atoms with Crippen molar-refractivity contribution in [3.05, 3.63) is 134 Å². The Morgan fingerprint density at radius 2 is 0.739 bits per heavy atom. The highest BCUT2D eigenvalue weighted by molar-refractivity contribution is 5.69. The lowest BCUT2D eigenvalue weighted by molar-refractivity contribution is -0.956. The molecule has 0 radical (unpaired) electrons. The lowest BCUT2D eigenvalue weighted by Gasteiger charge is -2.46. The van der Waals surface area contributed by atoms with Gasteiger partial charge in [-0.15, -0.1) is 0 Å². The van der Waals surface area contributed by atoms with Gasteiger partial charge in [0, 0.05) is 50.2 Å². The Kier molecular flexibility index (Phi) is 17.1. The molecule has 0 spiro atoms. The van der Waals surface area contributed by atoms with Crippen LogP contribution in [0.5, 0.6) is 0 Å². The van der Waals surface area contributed by atoms with Crippen LogP contribution in [0.3, 0.4) is 0 Å². The summed E-state index contributed by atoms with van der Waals surface area (Å²) < 4.78 is 13.2. The maximum atomic E-state index is 12.9. The van der Waals surface area contributed by atoms with Gasteiger partial charge in [0.2, 0.25) is 13.5 Å². The van der Waals surface area contributed by atoms with Gasteiger partial charge in [-0.3, -0.25) is 18.6 Å². The topological polar surface area (TPSA) is 52.6 Å². The van der Waals surface area contributed by atoms with E-state index in [1.165, 1.54) is 140 Å². The number of esters is 2. The molecule has 0 N–H and O–H groups in total. The van der Waals surface area contributed by atoms with Crippen LogP contribution in [-0.4, -0.2) is 61.6 Å². The number of hydrogen-bond acceptors (Lipinski definition) is 4. The lowest BCUT2D eigenvalue weighted by atomic mass is 9.77. The van der Waals surface area contributed by atoms with Gasteiger partial charge in [0.15, 0.2) is 0 Å². The third kappa shape index (κ3) is 10.6. The van der Waals surface area contributed by atoms with E-state index in [0.717, 1.165) is 47.7 Å². The van der Waals surface area contributed by atoms with Gasteiger partial charge in [0.25, 0.3) is 0 Å². The first-order chi connectivity index (χ1) is 31.9. The Labute approximate surface area is 420 Å². The Morgan fingerprint density at radius 3 is 1.06 bits per heavy atom. The summed E-state index contributed by atoms with van der Waals surface area (Å²) in [5.74, 6) is 0.543. The Hall–Kier alpha value is -4.26. The van der Waals surface area contributed by atoms with E-state index in [9.17, 15) is 9.59 Å². The third-order valence-corrected chi connectivity index (χ3v) is 19.5. The Morgan fingerprint density at radius 1 is 0.449 bits per heavy atom. The molecular weight excluding hydrogens is 849 g/mol. The van der Waals surface area contributed by atoms with E-state index in [1.54, 1.807) is 0 Å². The molecular formula is C63H94N2O4+2. The molecule has 4 aromatic carbocycles. The molecule has 0 aromatic heterocycles. The van der Waals surface area contributed by atoms with E-state index in [0.29, 0.717) is 31.7 Å². The van der Waals surface area contributed by atoms with Gasteiger partial charge in [-0.1, -0.05) is 20.8 Å². The predicted octanol–water partition coefficient (Wildman–Crippen LogP) is 14.2. The minimum absolute atomic E-state index is 0.0625. The second kappa shape index (κ2) is 21.2. The first kappa shape index (κ1) is 55.7. The zero-order valence-electron chi connectivity index (χ0n) is 48.2. The number of benzene rings is 4. The molecule has 0 fully saturated rings. The van der Waals surface area contributed by atoms with Crippen molar-refractivity contribution < 1.29 is 28.0 Å². The van der Waals surface area contributed by atoms with Crippen LogP contribution in [0, 0.1) is 136 Å². The number of ether oxygens (including phenoxy) is 2. The van der Waals surface area contributed by atoms with E-state index in [2.05, 4.69) is 159 Å². The standard InChI is InChI=1S/C34H52NO2.C29H42NO2/c1-19(2)20(3)16-33(36)37-18-35(13)15-14-30-26(9)24(7)25(8)29(12)34(30)32(35)17-31-27(10)22(5)21(4)23(6)28(31)11;1-16-17(2)22(7)27(23(8)18(16)3)14-28-29-24(9)20(5)19(4)21(6)26(29)12-13-30(28,11)15-32-25(10)31/h19-20,32H,14-18H2,1-13H3;28H,12-15H2,1-11H3/q2*+1. The number of quaternary nitrogens is 2. The van der Waals surface area contributed by atoms with Crippen molar-refractivity contribution in [3.63, 3.8) is 0 Å². The Bertz CT molecular complexity index is 2610. The number of carbonyl (C=O) groups excluding carboxylic acids is 2. The summed E-state index contributed by atoms with van der Waals surface area (Å²) in [5.41, 5.74) is 34.4. The number of carbonyl (C=O) groups is 2. The molecule has 6 rings (SSSR count). The van der Waals surface area contributed by atoms with E-state index in [4.69, 9.17) is 9.47 Å². The molecule has 378 valence electrons. The van der Waals surface area contributed by atoms with Gasteiger partial charge in [-0.2, -0.15) is 0 Å². The molecule has 2 aliphatic rings. The number of likely N-dealkylation sites (N-methyl/N-ethyl adjacent to an activating group) is 2. The summed E-state index contributed by atoms with van der Waals surface area (Å²) in [4.78, 5) is 24.6. The average molecular weight is 943 g/mol. The fourth-order valence-electron chi connectivity index (χ4n) is 12.2. The molecule has 0 saturated carbocycles. The normalized spacial score (nSPS) is 20.2. The maximum Gasteiger partial charge on any atom is 0.310 e. The van der Waals surface area contributed by atoms with Crippen LogP contribution in [0.25, 0.3) is 0 Å². The minimum Gasteiger partial charge on any atom is -0.415 e. The van der Waals surface area contributed by atoms with Gasteiger partial charge in [0.05, 0.1) is 27.2 Å². The first-order valence-electron chi connectivity index (χ1n) is 26.2. The van der Waals surface area contributed by atoms with Crippen molar-refractivity contribution in [2.75, 3.05) is 40.6 Å². The van der Waals surface area contributed by atoms with Crippen LogP contribution in [0.15, 0.2) is 0 Å². The molecule has 5 unspecified atom stereocenters. The van der Waals surface area contributed by atoms with E-state index in [1.807, 2.05) is 0 Å². The van der Waals surface area contributed by atoms with Gasteiger partial charge in [0.1, 0.15) is 12.1 Å². The summed E-state index contributed by atoms with van der Waals surface area (Å²) in [7, 11) is 4.59. The summed E-state index contributed by atoms with van der Waals surface area (Å²) >= 11 is 0. The molecule has 2 aliphatic heterocycles. The van der Waals surface area contributed by atoms with Gasteiger partial charge in [-0.25, -0.2) is 0 Å². The summed E-state index contributed by atoms with van der Waals surface area (Å²) in [6, 6.07) is 0.506. The molecule has 0 amide bonds. The van der Waals surface area contributed by atoms with Crippen LogP contribution in [0.2, 0.25) is 0 Å². The van der Waals surface area contributed by atoms with E-state index >= 15 is 0 Å². The Balaban J connectivity index is 0.000000260. The SMILES string of the molecule is CC(=O)OC[N+]1(C)CCc2c(C)c(C)c(C)c(C)c2C1Cc1c(C)c(C)c(C)c(C)c1C.Cc1c(C)c(C)c(CC2c3c(C)c(C)c(C)c(C)c3CC[N+]2(C)COC(=O)CC(C)C(C)C)c(C)c1C. The van der Waals surface area contributed by atoms with Crippen LogP contribution < -0.4 is 0 Å². The molecule has 5 atom stereocenters. The summed E-state index contributed by atoms with van der Waals surface area (Å²) in [5, 5.41) is 0. The third-order valence-electron chi connectivity index (χ3n) is 19.5. The molecule has 0 bridgehead atoms. The second-order valence-electron chi connectivity index (χ2n) is 23.2. The lowest BCUT2D eigenvalue weighted by Crippen LogP contribution is -2.54. The van der Waals surface area contributed by atoms with Crippen molar-refractivity contribution in [2.24, 2.45) is 11.8 Å². The fraction of sp³-hybridized carbons (Fsp3) is 0.587. The largest absolute Gasteiger partial charge is 0.415 e. The zero-order chi connectivity index (χ0) is 52.1. The van der Waals surface area contributed by atoms with Crippen molar-refractivity contribution in [1.29, 1.82) is 0 Å². The summed E-state index contributed by atoms with van der Waals surface area (Å²) in [6.07, 6.45) is 4.48. The minimum atomic E-state index is -0.198. The first-order valence-corrected chi connectivity index (χ1v) is 26.2. The second-order valence-corrected chi connectivity index (χ2v) is 23.2. The van der Waals surface area contributed by atoms with Gasteiger partial charge >= 0.3 is 11.9 Å². The van der Waals surface area contributed by atoms with E-state index < -0.39 is 0 Å². The number of rotatable bonds is 11. The van der Waals surface area contributed by atoms with Gasteiger partial charge in [-0.05, 0) is 259 Å². The van der Waals surface area contributed by atoms with Crippen molar-refractivity contribution in [2.45, 2.75) is 197 Å². The monoisotopic (exact) mass is 943 g/mol. The highest BCUT2D eigenvalue weighted by atomic mass is 16.6. The average Bonchev–Trinajstić information content (AvgIpc) is 3.31. The fourth-order valence-corrected chi connectivity index (χ4v) is 12.2. The molecule has 0 saturated heterocycles. The molecule has 6 heteroatoms. The zero-order valence-corrected chi connectivity index (χ0v) is 48.2. The van der Waals surface area contributed by atoms with Crippen LogP contribution in [-0.2, 0) is 44.7 Å². The van der Waals surface area contributed by atoms with Crippen molar-refractivity contribution >= 4 is 11.9 Å². The van der Waals surface area contributed by atoms with Crippen molar-refractivity contribution in [1.82, 2.24) is 0 Å².